The third-order valence-corrected chi connectivity index (χ3v) is 5.80. The molecule has 3 aromatic heterocycles. The molecular formula is C21H17F4N7O2S. The summed E-state index contributed by atoms with van der Waals surface area (Å²) in [5.74, 6) is -1.02. The molecule has 0 aliphatic heterocycles. The van der Waals surface area contributed by atoms with Crippen molar-refractivity contribution in [2.75, 3.05) is 10.6 Å². The number of nitrogens with zero attached hydrogens (tertiary/aromatic N) is 4. The second-order valence-corrected chi connectivity index (χ2v) is 8.35. The minimum absolute atomic E-state index is 0.119. The normalized spacial score (nSPS) is 12.3. The number of carbonyl (C=O) groups is 1. The van der Waals surface area contributed by atoms with Crippen LogP contribution in [0.2, 0.25) is 0 Å². The van der Waals surface area contributed by atoms with Gasteiger partial charge < -0.3 is 20.5 Å². The molecule has 9 nitrogen and oxygen atoms in total. The first-order valence-corrected chi connectivity index (χ1v) is 10.9. The molecule has 1 amide bonds. The second kappa shape index (κ2) is 10.0. The number of carbonyl (C=O) groups excluding carboxylic acids is 1. The molecule has 0 aliphatic rings. The largest absolute Gasteiger partial charge is 0.419 e. The molecule has 0 aliphatic carbocycles. The Kier molecular flexibility index (Phi) is 6.91. The molecule has 0 saturated carbocycles. The lowest BCUT2D eigenvalue weighted by atomic mass is 10.2. The number of benzene rings is 1. The topological polar surface area (TPSA) is 118 Å². The average Bonchev–Trinajstić information content (AvgIpc) is 3.50. The zero-order chi connectivity index (χ0) is 25.0. The minimum atomic E-state index is -4.79. The summed E-state index contributed by atoms with van der Waals surface area (Å²) in [7, 11) is 0. The SMILES string of the molecule is CC(NC(=O)c1cc(Nc2ccon2)ncn1)c1ncc(CNc2ccc(F)c(C(F)(F)F)c2)s1. The lowest BCUT2D eigenvalue weighted by Gasteiger charge is -2.12. The van der Waals surface area contributed by atoms with Crippen LogP contribution < -0.4 is 16.0 Å². The van der Waals surface area contributed by atoms with Crippen LogP contribution >= 0.6 is 11.3 Å². The molecule has 1 atom stereocenters. The molecular weight excluding hydrogens is 490 g/mol. The maximum atomic E-state index is 13.4. The van der Waals surface area contributed by atoms with E-state index in [1.807, 2.05) is 0 Å². The van der Waals surface area contributed by atoms with Gasteiger partial charge in [0.05, 0.1) is 18.2 Å². The van der Waals surface area contributed by atoms with Crippen LogP contribution in [0.3, 0.4) is 0 Å². The highest BCUT2D eigenvalue weighted by Gasteiger charge is 2.34. The van der Waals surface area contributed by atoms with Gasteiger partial charge in [-0.3, -0.25) is 4.79 Å². The number of rotatable bonds is 8. The average molecular weight is 507 g/mol. The van der Waals surface area contributed by atoms with Gasteiger partial charge in [0.1, 0.15) is 34.9 Å². The van der Waals surface area contributed by atoms with Crippen molar-refractivity contribution in [3.05, 3.63) is 76.1 Å². The number of amides is 1. The van der Waals surface area contributed by atoms with E-state index in [0.29, 0.717) is 27.6 Å². The van der Waals surface area contributed by atoms with Crippen molar-refractivity contribution in [2.45, 2.75) is 25.7 Å². The summed E-state index contributed by atoms with van der Waals surface area (Å²) in [5.41, 5.74) is -1.10. The lowest BCUT2D eigenvalue weighted by Crippen LogP contribution is -2.27. The fourth-order valence-electron chi connectivity index (χ4n) is 2.94. The van der Waals surface area contributed by atoms with Gasteiger partial charge in [0.15, 0.2) is 5.82 Å². The van der Waals surface area contributed by atoms with Crippen LogP contribution in [0.15, 0.2) is 53.6 Å². The van der Waals surface area contributed by atoms with Gasteiger partial charge in [-0.05, 0) is 25.1 Å². The molecule has 1 unspecified atom stereocenters. The molecule has 0 spiro atoms. The van der Waals surface area contributed by atoms with Crippen molar-refractivity contribution in [2.24, 2.45) is 0 Å². The first kappa shape index (κ1) is 24.1. The molecule has 182 valence electrons. The van der Waals surface area contributed by atoms with E-state index in [4.69, 9.17) is 4.52 Å². The maximum absolute atomic E-state index is 13.4. The van der Waals surface area contributed by atoms with Gasteiger partial charge in [-0.25, -0.2) is 19.3 Å². The van der Waals surface area contributed by atoms with Gasteiger partial charge in [0.2, 0.25) is 0 Å². The molecule has 0 saturated heterocycles. The zero-order valence-electron chi connectivity index (χ0n) is 17.9. The van der Waals surface area contributed by atoms with Crippen LogP contribution in [-0.4, -0.2) is 26.0 Å². The predicted octanol–water partition coefficient (Wildman–Crippen LogP) is 4.93. The van der Waals surface area contributed by atoms with Crippen LogP contribution in [-0.2, 0) is 12.7 Å². The molecule has 1 aromatic carbocycles. The number of aromatic nitrogens is 4. The highest BCUT2D eigenvalue weighted by atomic mass is 32.1. The molecule has 0 radical (unpaired) electrons. The first-order valence-electron chi connectivity index (χ1n) is 10.0. The number of nitrogens with one attached hydrogen (secondary N) is 3. The minimum Gasteiger partial charge on any atom is -0.380 e. The van der Waals surface area contributed by atoms with Crippen molar-refractivity contribution in [3.8, 4) is 0 Å². The van der Waals surface area contributed by atoms with Crippen LogP contribution in [0, 0.1) is 5.82 Å². The van der Waals surface area contributed by atoms with Crippen LogP contribution in [0.25, 0.3) is 0 Å². The third kappa shape index (κ3) is 6.09. The first-order chi connectivity index (χ1) is 16.7. The summed E-state index contributed by atoms with van der Waals surface area (Å²) in [5, 5.41) is 12.8. The van der Waals surface area contributed by atoms with E-state index in [0.717, 1.165) is 6.07 Å². The van der Waals surface area contributed by atoms with Crippen molar-refractivity contribution < 1.29 is 26.9 Å². The van der Waals surface area contributed by atoms with Gasteiger partial charge in [0, 0.05) is 28.9 Å². The van der Waals surface area contributed by atoms with Crippen LogP contribution in [0.4, 0.5) is 34.9 Å². The highest BCUT2D eigenvalue weighted by molar-refractivity contribution is 7.11. The number of anilines is 3. The molecule has 4 aromatic rings. The number of thiazole rings is 1. The summed E-state index contributed by atoms with van der Waals surface area (Å²) < 4.78 is 56.8. The summed E-state index contributed by atoms with van der Waals surface area (Å²) in [6.07, 6.45) is -0.622. The van der Waals surface area contributed by atoms with E-state index in [1.54, 1.807) is 19.2 Å². The Morgan fingerprint density at radius 2 is 1.97 bits per heavy atom. The molecule has 0 bridgehead atoms. The van der Waals surface area contributed by atoms with E-state index in [9.17, 15) is 22.4 Å². The fourth-order valence-corrected chi connectivity index (χ4v) is 3.80. The van der Waals surface area contributed by atoms with Gasteiger partial charge >= 0.3 is 6.18 Å². The van der Waals surface area contributed by atoms with E-state index < -0.39 is 29.5 Å². The number of hydrogen-bond donors (Lipinski definition) is 3. The standard InChI is InChI=1S/C21H17F4N7O2S/c1-11(30-19(33)16-7-18(29-10-28-16)31-17-4-5-34-32-17)20-27-9-13(35-20)8-26-12-2-3-15(22)14(6-12)21(23,24)25/h2-7,9-11,26H,8H2,1H3,(H,30,33)(H,28,29,31,32). The van der Waals surface area contributed by atoms with E-state index in [1.165, 1.54) is 36.1 Å². The number of halogens is 4. The van der Waals surface area contributed by atoms with Gasteiger partial charge in [-0.1, -0.05) is 5.16 Å². The van der Waals surface area contributed by atoms with Crippen LogP contribution in [0.1, 0.15) is 38.9 Å². The molecule has 4 rings (SSSR count). The van der Waals surface area contributed by atoms with Gasteiger partial charge in [-0.2, -0.15) is 13.2 Å². The number of alkyl halides is 3. The van der Waals surface area contributed by atoms with Crippen molar-refractivity contribution >= 4 is 34.6 Å². The third-order valence-electron chi connectivity index (χ3n) is 4.62. The zero-order valence-corrected chi connectivity index (χ0v) is 18.7. The Balaban J connectivity index is 1.35. The summed E-state index contributed by atoms with van der Waals surface area (Å²) >= 11 is 1.27. The quantitative estimate of drug-likeness (QED) is 0.288. The predicted molar refractivity (Wildman–Crippen MR) is 119 cm³/mol. The molecule has 0 fully saturated rings. The van der Waals surface area contributed by atoms with E-state index >= 15 is 0 Å². The van der Waals surface area contributed by atoms with Crippen molar-refractivity contribution in [1.82, 2.24) is 25.4 Å². The second-order valence-electron chi connectivity index (χ2n) is 7.20. The van der Waals surface area contributed by atoms with E-state index in [-0.39, 0.29) is 17.9 Å². The Hall–Kier alpha value is -4.07. The molecule has 14 heteroatoms. The highest BCUT2D eigenvalue weighted by Crippen LogP contribution is 2.33. The van der Waals surface area contributed by atoms with Crippen molar-refractivity contribution in [3.63, 3.8) is 0 Å². The summed E-state index contributed by atoms with van der Waals surface area (Å²) in [6, 6.07) is 5.28. The Labute approximate surface area is 199 Å². The maximum Gasteiger partial charge on any atom is 0.419 e. The summed E-state index contributed by atoms with van der Waals surface area (Å²) in [6.45, 7) is 1.91. The Bertz CT molecular complexity index is 1310. The van der Waals surface area contributed by atoms with Crippen LogP contribution in [0.5, 0.6) is 0 Å². The number of hydrogen-bond acceptors (Lipinski definition) is 9. The van der Waals surface area contributed by atoms with Gasteiger partial charge in [0.25, 0.3) is 5.91 Å². The molecule has 3 heterocycles. The fraction of sp³-hybridized carbons (Fsp3) is 0.190. The Morgan fingerprint density at radius 1 is 1.14 bits per heavy atom. The monoisotopic (exact) mass is 507 g/mol. The summed E-state index contributed by atoms with van der Waals surface area (Å²) in [4.78, 5) is 25.6. The van der Waals surface area contributed by atoms with E-state index in [2.05, 4.69) is 36.1 Å². The molecule has 35 heavy (non-hydrogen) atoms. The van der Waals surface area contributed by atoms with Gasteiger partial charge in [-0.15, -0.1) is 11.3 Å². The smallest absolute Gasteiger partial charge is 0.380 e. The van der Waals surface area contributed by atoms with Crippen molar-refractivity contribution in [1.29, 1.82) is 0 Å². The lowest BCUT2D eigenvalue weighted by molar-refractivity contribution is -0.139. The molecule has 3 N–H and O–H groups in total. The Morgan fingerprint density at radius 3 is 2.71 bits per heavy atom.